The second-order valence-corrected chi connectivity index (χ2v) is 37.4. The minimum absolute atomic E-state index is 0.00370. The van der Waals surface area contributed by atoms with Crippen molar-refractivity contribution in [3.63, 3.8) is 0 Å². The maximum Gasteiger partial charge on any atom is 0.303 e. The van der Waals surface area contributed by atoms with E-state index in [1.165, 1.54) is 19.6 Å². The monoisotopic (exact) mass is 1260 g/mol. The summed E-state index contributed by atoms with van der Waals surface area (Å²) < 4.78 is 51.0. The van der Waals surface area contributed by atoms with Crippen molar-refractivity contribution in [1.82, 2.24) is 39.0 Å². The van der Waals surface area contributed by atoms with Crippen LogP contribution in [0.3, 0.4) is 0 Å². The number of benzene rings is 2. The zero-order valence-electron chi connectivity index (χ0n) is 54.7. The van der Waals surface area contributed by atoms with Gasteiger partial charge in [-0.15, -0.1) is 0 Å². The average molecular weight is 1270 g/mol. The minimum Gasteiger partial charge on any atom is -0.455 e. The summed E-state index contributed by atoms with van der Waals surface area (Å²) in [5, 5.41) is 17.2. The number of aliphatic hydroxyl groups excluding tert-OH is 1. The lowest BCUT2D eigenvalue weighted by molar-refractivity contribution is -0.184. The van der Waals surface area contributed by atoms with Gasteiger partial charge in [-0.05, 0) is 85.9 Å². The molecule has 2 unspecified atom stereocenters. The summed E-state index contributed by atoms with van der Waals surface area (Å²) in [5.74, 6) is -1.75. The number of nitrogens with zero attached hydrogens (tertiary/aromatic N) is 6. The van der Waals surface area contributed by atoms with E-state index in [0.717, 1.165) is 36.8 Å². The molecule has 4 aliphatic rings. The van der Waals surface area contributed by atoms with Gasteiger partial charge in [-0.25, -0.2) is 9.97 Å². The van der Waals surface area contributed by atoms with E-state index in [1.807, 2.05) is 74.5 Å². The number of hydrogen-bond donors (Lipinski definition) is 5. The van der Waals surface area contributed by atoms with Crippen LogP contribution in [0.4, 0.5) is 11.9 Å². The molecule has 2 aliphatic heterocycles. The van der Waals surface area contributed by atoms with Gasteiger partial charge in [0.1, 0.15) is 29.5 Å². The molecule has 89 heavy (non-hydrogen) atoms. The molecule has 2 saturated carbocycles. The van der Waals surface area contributed by atoms with Crippen molar-refractivity contribution >= 4 is 68.6 Å². The Balaban J connectivity index is 0.000000212. The van der Waals surface area contributed by atoms with Crippen LogP contribution in [0, 0.1) is 11.8 Å². The van der Waals surface area contributed by atoms with E-state index in [2.05, 4.69) is 108 Å². The zero-order chi connectivity index (χ0) is 65.0. The van der Waals surface area contributed by atoms with Crippen LogP contribution < -0.4 is 21.8 Å². The Kier molecular flexibility index (Phi) is 18.9. The third-order valence-electron chi connectivity index (χ3n) is 19.1. The fraction of sp³-hybridized carbons (Fsp3) is 0.609. The second-order valence-electron chi connectivity index (χ2n) is 28.0. The van der Waals surface area contributed by atoms with Gasteiger partial charge in [0.15, 0.2) is 57.5 Å². The number of aliphatic hydroxyl groups is 1. The van der Waals surface area contributed by atoms with Crippen LogP contribution in [-0.4, -0.2) is 125 Å². The average Bonchev–Trinajstić information content (AvgIpc) is 1.54. The Morgan fingerprint density at radius 3 is 1.40 bits per heavy atom. The zero-order valence-corrected chi connectivity index (χ0v) is 56.7. The molecule has 4 aromatic heterocycles. The molecule has 0 spiro atoms. The van der Waals surface area contributed by atoms with Crippen molar-refractivity contribution in [2.24, 2.45) is 11.8 Å². The molecule has 2 aromatic carbocycles. The number of esters is 1. The molecule has 23 nitrogen and oxygen atoms in total. The maximum atomic E-state index is 13.1. The number of imidazole rings is 2. The molecule has 8 atom stereocenters. The van der Waals surface area contributed by atoms with Crippen molar-refractivity contribution in [3.8, 4) is 0 Å². The highest BCUT2D eigenvalue weighted by atomic mass is 28.4. The number of hydrogen-bond acceptors (Lipinski definition) is 17. The summed E-state index contributed by atoms with van der Waals surface area (Å²) in [6.45, 7) is 35.1. The number of rotatable bonds is 21. The highest BCUT2D eigenvalue weighted by molar-refractivity contribution is 6.74. The number of aromatic nitrogens is 8. The van der Waals surface area contributed by atoms with Crippen LogP contribution in [0.5, 0.6) is 0 Å². The van der Waals surface area contributed by atoms with Gasteiger partial charge in [0.25, 0.3) is 11.1 Å². The van der Waals surface area contributed by atoms with Crippen molar-refractivity contribution in [3.05, 3.63) is 105 Å². The highest BCUT2D eigenvalue weighted by Crippen LogP contribution is 2.63. The van der Waals surface area contributed by atoms with E-state index in [4.69, 9.17) is 32.5 Å². The van der Waals surface area contributed by atoms with Crippen LogP contribution >= 0.6 is 0 Å². The summed E-state index contributed by atoms with van der Waals surface area (Å²) in [6.07, 6.45) is 1.55. The minimum atomic E-state index is -2.31. The first-order chi connectivity index (χ1) is 41.7. The summed E-state index contributed by atoms with van der Waals surface area (Å²) >= 11 is 0. The van der Waals surface area contributed by atoms with Crippen LogP contribution in [0.1, 0.15) is 152 Å². The molecule has 10 rings (SSSR count). The summed E-state index contributed by atoms with van der Waals surface area (Å²) in [5.41, 5.74) is -1.92. The SMILES string of the molecule is CC[C@@]1(C2(O[Si](C)(C)C(C)(C)C)CC2)O[C@@H](n2cnc3c(=O)[nH]c(NC(=O)C(C)C)nc32)[C@@H](O)C1OCc1ccccc1.CC[C@@]1(C2(O[Si](C)(C)C(C)(C)C)CC2)O[C@@H](n2cnc3c(=O)[nH]c(NC(=O)C(C)C)nc32)[C@@H](OC(C)=O)C1OCc1ccccc1. The number of fused-ring (bicyclic) bond motifs is 2. The van der Waals surface area contributed by atoms with E-state index in [9.17, 15) is 29.1 Å². The number of carbonyl (C=O) groups is 3. The molecule has 0 radical (unpaired) electrons. The Labute approximate surface area is 522 Å². The fourth-order valence-corrected chi connectivity index (χ4v) is 15.1. The van der Waals surface area contributed by atoms with Crippen LogP contribution in [-0.2, 0) is 60.1 Å². The normalized spacial score (nSPS) is 24.9. The number of H-pyrrole nitrogens is 2. The van der Waals surface area contributed by atoms with Crippen LogP contribution in [0.2, 0.25) is 36.3 Å². The predicted octanol–water partition coefficient (Wildman–Crippen LogP) is 10.4. The molecule has 484 valence electrons. The third-order valence-corrected chi connectivity index (χ3v) is 28.1. The van der Waals surface area contributed by atoms with E-state index >= 15 is 0 Å². The molecule has 6 aromatic rings. The number of aromatic amines is 2. The molecule has 6 heterocycles. The van der Waals surface area contributed by atoms with Gasteiger partial charge < -0.3 is 37.6 Å². The first-order valence-electron chi connectivity index (χ1n) is 31.2. The van der Waals surface area contributed by atoms with Gasteiger partial charge in [-0.3, -0.25) is 53.7 Å². The number of anilines is 2. The van der Waals surface area contributed by atoms with Gasteiger partial charge in [-0.1, -0.05) is 144 Å². The molecule has 0 bridgehead atoms. The lowest BCUT2D eigenvalue weighted by Gasteiger charge is -2.47. The summed E-state index contributed by atoms with van der Waals surface area (Å²) in [6, 6.07) is 19.6. The van der Waals surface area contributed by atoms with Crippen LogP contribution in [0.15, 0.2) is 82.9 Å². The van der Waals surface area contributed by atoms with Gasteiger partial charge in [0, 0.05) is 18.8 Å². The van der Waals surface area contributed by atoms with E-state index in [0.29, 0.717) is 12.8 Å². The van der Waals surface area contributed by atoms with Gasteiger partial charge in [0.2, 0.25) is 23.7 Å². The molecule has 2 amide bonds. The molecule has 5 N–H and O–H groups in total. The summed E-state index contributed by atoms with van der Waals surface area (Å²) in [4.78, 5) is 86.4. The first kappa shape index (κ1) is 67.1. The Morgan fingerprint density at radius 1 is 0.652 bits per heavy atom. The first-order valence-corrected chi connectivity index (χ1v) is 37.0. The number of ether oxygens (including phenoxy) is 5. The lowest BCUT2D eigenvalue weighted by atomic mass is 9.84. The topological polar surface area (TPSA) is 287 Å². The van der Waals surface area contributed by atoms with Crippen molar-refractivity contribution in [1.29, 1.82) is 0 Å². The maximum absolute atomic E-state index is 13.1. The quantitative estimate of drug-likeness (QED) is 0.0331. The summed E-state index contributed by atoms with van der Waals surface area (Å²) in [7, 11) is -4.56. The molecular formula is C64H92N10O13Si2. The molecule has 2 aliphatic carbocycles. The Morgan fingerprint density at radius 2 is 1.03 bits per heavy atom. The van der Waals surface area contributed by atoms with Gasteiger partial charge >= 0.3 is 5.97 Å². The van der Waals surface area contributed by atoms with Crippen molar-refractivity contribution in [2.75, 3.05) is 10.6 Å². The van der Waals surface area contributed by atoms with E-state index < -0.39 is 93.0 Å². The fourth-order valence-electron chi connectivity index (χ4n) is 11.8. The third kappa shape index (κ3) is 13.0. The van der Waals surface area contributed by atoms with Crippen molar-refractivity contribution < 1.29 is 52.0 Å². The van der Waals surface area contributed by atoms with Gasteiger partial charge in [0.05, 0.1) is 37.1 Å². The van der Waals surface area contributed by atoms with E-state index in [1.54, 1.807) is 36.8 Å². The standard InChI is InChI=1S/C33H47N5O7Si.C31H45N5O6Si/c1-10-33(32(16-17-32)45-46(8,9)31(5,6)7)25(42-18-22-14-12-11-13-15-22)24(43-21(4)39)29(44-33)38-19-34-23-26(38)35-30(37-28(23)41)36-27(40)20(2)3;1-9-31(30(15-16-30)42-43(7,8)29(4,5)6)23(40-17-20-13-11-10-12-14-20)22(37)27(41-31)36-18-32-21-24(36)33-28(35-26(21)39)34-25(38)19(2)3/h11-15,19-20,24-25,29H,10,16-18H2,1-9H3,(H2,35,36,37,40,41);10-14,18-19,22-23,27,37H,9,15-17H2,1-8H3,(H2,33,34,35,38,39)/t24-,25?,29+,33+;22-,23?,27+,31+/m00/s1. The van der Waals surface area contributed by atoms with Crippen molar-refractivity contribution in [2.45, 2.75) is 237 Å². The smallest absolute Gasteiger partial charge is 0.303 e. The highest BCUT2D eigenvalue weighted by Gasteiger charge is 2.74. The van der Waals surface area contributed by atoms with Gasteiger partial charge in [-0.2, -0.15) is 9.97 Å². The van der Waals surface area contributed by atoms with E-state index in [-0.39, 0.29) is 81.2 Å². The number of carbonyl (C=O) groups excluding carboxylic acids is 3. The Bertz CT molecular complexity index is 3640. The molecule has 2 saturated heterocycles. The molecule has 25 heteroatoms. The number of amides is 2. The molecular weight excluding hydrogens is 1170 g/mol. The molecule has 4 fully saturated rings. The second kappa shape index (κ2) is 25.1. The predicted molar refractivity (Wildman–Crippen MR) is 342 cm³/mol. The largest absolute Gasteiger partial charge is 0.455 e. The Hall–Kier alpha value is -6.30. The van der Waals surface area contributed by atoms with Crippen LogP contribution in [0.25, 0.3) is 22.3 Å². The number of nitrogens with one attached hydrogen (secondary N) is 4. The lowest BCUT2D eigenvalue weighted by Crippen LogP contribution is -2.60.